The topological polar surface area (TPSA) is 51.2 Å². The number of methoxy groups -OCH3 is 2. The van der Waals surface area contributed by atoms with Gasteiger partial charge in [-0.2, -0.15) is 0 Å². The van der Waals surface area contributed by atoms with Crippen molar-refractivity contribution < 1.29 is 19.0 Å². The van der Waals surface area contributed by atoms with Gasteiger partial charge in [0.2, 0.25) is 0 Å². The first-order valence-electron chi connectivity index (χ1n) is 12.1. The lowest BCUT2D eigenvalue weighted by Gasteiger charge is -2.36. The highest BCUT2D eigenvalue weighted by Gasteiger charge is 2.23. The lowest BCUT2D eigenvalue weighted by Crippen LogP contribution is -2.48. The number of hydrogen-bond donors (Lipinski definition) is 0. The Hall–Kier alpha value is -4.19. The molecule has 0 spiro atoms. The third kappa shape index (κ3) is 4.93. The average Bonchev–Trinajstić information content (AvgIpc) is 2.95. The number of ether oxygens (including phenoxy) is 3. The van der Waals surface area contributed by atoms with Crippen LogP contribution >= 0.6 is 0 Å². The zero-order valence-electron chi connectivity index (χ0n) is 20.6. The number of nitrogens with zero attached hydrogens (tertiary/aromatic N) is 2. The summed E-state index contributed by atoms with van der Waals surface area (Å²) in [5.74, 6) is 2.38. The van der Waals surface area contributed by atoms with Crippen LogP contribution in [0.5, 0.6) is 17.2 Å². The number of benzene rings is 4. The van der Waals surface area contributed by atoms with E-state index in [2.05, 4.69) is 29.2 Å². The molecule has 1 aliphatic heterocycles. The molecule has 1 saturated heterocycles. The standard InChI is InChI=1S/C30H30N2O4/c1-34-26-13-11-25(12-14-26)31-16-18-32(19-17-31)30(33)23-10-15-28(35-2)24(20-23)21-36-29-9-5-7-22-6-3-4-8-27(22)29/h3-15,20H,16-19,21H2,1-2H3. The number of anilines is 1. The van der Waals surface area contributed by atoms with E-state index < -0.39 is 0 Å². The van der Waals surface area contributed by atoms with Crippen molar-refractivity contribution in [3.63, 3.8) is 0 Å². The van der Waals surface area contributed by atoms with Crippen molar-refractivity contribution in [2.45, 2.75) is 6.61 Å². The van der Waals surface area contributed by atoms with Crippen LogP contribution in [0.15, 0.2) is 84.9 Å². The predicted octanol–water partition coefficient (Wildman–Crippen LogP) is 5.40. The van der Waals surface area contributed by atoms with Gasteiger partial charge in [-0.25, -0.2) is 0 Å². The number of hydrogen-bond acceptors (Lipinski definition) is 5. The van der Waals surface area contributed by atoms with Gasteiger partial charge < -0.3 is 24.0 Å². The van der Waals surface area contributed by atoms with Gasteiger partial charge >= 0.3 is 0 Å². The summed E-state index contributed by atoms with van der Waals surface area (Å²) in [7, 11) is 3.30. The van der Waals surface area contributed by atoms with E-state index in [4.69, 9.17) is 14.2 Å². The van der Waals surface area contributed by atoms with Crippen LogP contribution in [0.3, 0.4) is 0 Å². The summed E-state index contributed by atoms with van der Waals surface area (Å²) in [6, 6.07) is 27.8. The molecule has 4 aromatic rings. The van der Waals surface area contributed by atoms with Crippen molar-refractivity contribution in [2.75, 3.05) is 45.3 Å². The van der Waals surface area contributed by atoms with E-state index in [-0.39, 0.29) is 5.91 Å². The number of amides is 1. The Bertz CT molecular complexity index is 1340. The fourth-order valence-corrected chi connectivity index (χ4v) is 4.64. The molecule has 0 atom stereocenters. The summed E-state index contributed by atoms with van der Waals surface area (Å²) >= 11 is 0. The predicted molar refractivity (Wildman–Crippen MR) is 142 cm³/mol. The second-order valence-electron chi connectivity index (χ2n) is 8.77. The highest BCUT2D eigenvalue weighted by Crippen LogP contribution is 2.28. The third-order valence-electron chi connectivity index (χ3n) is 6.66. The highest BCUT2D eigenvalue weighted by atomic mass is 16.5. The normalized spacial score (nSPS) is 13.5. The molecule has 36 heavy (non-hydrogen) atoms. The summed E-state index contributed by atoms with van der Waals surface area (Å²) in [5.41, 5.74) is 2.62. The number of piperazine rings is 1. The smallest absolute Gasteiger partial charge is 0.253 e. The molecular weight excluding hydrogens is 452 g/mol. The van der Waals surface area contributed by atoms with Crippen molar-refractivity contribution in [1.82, 2.24) is 4.90 Å². The van der Waals surface area contributed by atoms with Gasteiger partial charge in [-0.15, -0.1) is 0 Å². The number of rotatable bonds is 7. The molecule has 0 bridgehead atoms. The third-order valence-corrected chi connectivity index (χ3v) is 6.66. The van der Waals surface area contributed by atoms with Crippen molar-refractivity contribution in [3.05, 3.63) is 96.1 Å². The second kappa shape index (κ2) is 10.6. The maximum Gasteiger partial charge on any atom is 0.253 e. The number of fused-ring (bicyclic) bond motifs is 1. The molecule has 1 heterocycles. The Kier molecular flexibility index (Phi) is 6.94. The van der Waals surface area contributed by atoms with E-state index in [1.807, 2.05) is 65.6 Å². The minimum atomic E-state index is 0.0263. The lowest BCUT2D eigenvalue weighted by atomic mass is 10.1. The maximum absolute atomic E-state index is 13.3. The Morgan fingerprint density at radius 1 is 0.778 bits per heavy atom. The molecule has 1 amide bonds. The van der Waals surface area contributed by atoms with Crippen LogP contribution in [0.1, 0.15) is 15.9 Å². The zero-order chi connectivity index (χ0) is 24.9. The molecule has 184 valence electrons. The quantitative estimate of drug-likeness (QED) is 0.353. The number of carbonyl (C=O) groups is 1. The fraction of sp³-hybridized carbons (Fsp3) is 0.233. The Balaban J connectivity index is 1.27. The molecule has 6 nitrogen and oxygen atoms in total. The van der Waals surface area contributed by atoms with Crippen LogP contribution < -0.4 is 19.1 Å². The van der Waals surface area contributed by atoms with Crippen LogP contribution in [0.2, 0.25) is 0 Å². The highest BCUT2D eigenvalue weighted by molar-refractivity contribution is 5.95. The summed E-state index contributed by atoms with van der Waals surface area (Å²) in [6.45, 7) is 3.21. The second-order valence-corrected chi connectivity index (χ2v) is 8.77. The van der Waals surface area contributed by atoms with Crippen LogP contribution in [0.25, 0.3) is 10.8 Å². The first-order chi connectivity index (χ1) is 17.7. The Morgan fingerprint density at radius 3 is 2.28 bits per heavy atom. The molecule has 5 rings (SSSR count). The Labute approximate surface area is 211 Å². The van der Waals surface area contributed by atoms with Crippen LogP contribution in [0, 0.1) is 0 Å². The molecule has 6 heteroatoms. The van der Waals surface area contributed by atoms with E-state index in [1.54, 1.807) is 14.2 Å². The summed E-state index contributed by atoms with van der Waals surface area (Å²) in [5, 5.41) is 2.18. The van der Waals surface area contributed by atoms with Crippen molar-refractivity contribution in [3.8, 4) is 17.2 Å². The lowest BCUT2D eigenvalue weighted by molar-refractivity contribution is 0.0746. The van der Waals surface area contributed by atoms with E-state index >= 15 is 0 Å². The van der Waals surface area contributed by atoms with E-state index in [1.165, 1.54) is 0 Å². The minimum absolute atomic E-state index is 0.0263. The van der Waals surface area contributed by atoms with Crippen molar-refractivity contribution >= 4 is 22.4 Å². The molecule has 0 radical (unpaired) electrons. The molecule has 0 aromatic heterocycles. The summed E-state index contributed by atoms with van der Waals surface area (Å²) < 4.78 is 17.0. The van der Waals surface area contributed by atoms with Crippen LogP contribution in [-0.4, -0.2) is 51.2 Å². The SMILES string of the molecule is COc1ccc(N2CCN(C(=O)c3ccc(OC)c(COc4cccc5ccccc45)c3)CC2)cc1. The van der Waals surface area contributed by atoms with Gasteiger partial charge in [0.05, 0.1) is 14.2 Å². The van der Waals surface area contributed by atoms with Crippen molar-refractivity contribution in [2.24, 2.45) is 0 Å². The van der Waals surface area contributed by atoms with Crippen molar-refractivity contribution in [1.29, 1.82) is 0 Å². The van der Waals surface area contributed by atoms with E-state index in [0.29, 0.717) is 31.0 Å². The molecule has 1 aliphatic rings. The fourth-order valence-electron chi connectivity index (χ4n) is 4.64. The first-order valence-corrected chi connectivity index (χ1v) is 12.1. The molecule has 0 saturated carbocycles. The summed E-state index contributed by atoms with van der Waals surface area (Å²) in [4.78, 5) is 17.5. The van der Waals surface area contributed by atoms with Gasteiger partial charge in [0.1, 0.15) is 23.9 Å². The monoisotopic (exact) mass is 482 g/mol. The number of carbonyl (C=O) groups excluding carboxylic acids is 1. The first kappa shape index (κ1) is 23.5. The molecule has 1 fully saturated rings. The Morgan fingerprint density at radius 2 is 1.53 bits per heavy atom. The summed E-state index contributed by atoms with van der Waals surface area (Å²) in [6.07, 6.45) is 0. The van der Waals surface area contributed by atoms with E-state index in [9.17, 15) is 4.79 Å². The van der Waals surface area contributed by atoms with Gasteiger partial charge in [0, 0.05) is 48.4 Å². The molecular formula is C30H30N2O4. The molecule has 4 aromatic carbocycles. The van der Waals surface area contributed by atoms with Gasteiger partial charge in [0.25, 0.3) is 5.91 Å². The van der Waals surface area contributed by atoms with Crippen LogP contribution in [0.4, 0.5) is 5.69 Å². The van der Waals surface area contributed by atoms with Gasteiger partial charge in [-0.05, 0) is 53.9 Å². The van der Waals surface area contributed by atoms with E-state index in [0.717, 1.165) is 46.6 Å². The molecule has 0 unspecified atom stereocenters. The maximum atomic E-state index is 13.3. The largest absolute Gasteiger partial charge is 0.497 e. The average molecular weight is 483 g/mol. The molecule has 0 N–H and O–H groups in total. The zero-order valence-corrected chi connectivity index (χ0v) is 20.6. The van der Waals surface area contributed by atoms with Gasteiger partial charge in [-0.1, -0.05) is 36.4 Å². The molecule has 0 aliphatic carbocycles. The minimum Gasteiger partial charge on any atom is -0.497 e. The van der Waals surface area contributed by atoms with Crippen LogP contribution in [-0.2, 0) is 6.61 Å². The van der Waals surface area contributed by atoms with Gasteiger partial charge in [0.15, 0.2) is 0 Å². The van der Waals surface area contributed by atoms with Gasteiger partial charge in [-0.3, -0.25) is 4.79 Å².